The van der Waals surface area contributed by atoms with Crippen molar-refractivity contribution in [3.05, 3.63) is 39.3 Å². The van der Waals surface area contributed by atoms with E-state index in [-0.39, 0.29) is 0 Å². The Labute approximate surface area is 113 Å². The second-order valence-electron chi connectivity index (χ2n) is 3.74. The molecule has 0 aliphatic rings. The highest BCUT2D eigenvalue weighted by atomic mass is 79.9. The van der Waals surface area contributed by atoms with Crippen LogP contribution >= 0.6 is 27.5 Å². The molecule has 6 heteroatoms. The zero-order chi connectivity index (χ0) is 12.4. The lowest BCUT2D eigenvalue weighted by Crippen LogP contribution is -2.18. The van der Waals surface area contributed by atoms with E-state index in [1.165, 1.54) is 0 Å². The number of hydrogen-bond acceptors (Lipinski definition) is 4. The summed E-state index contributed by atoms with van der Waals surface area (Å²) in [6.45, 7) is 2.50. The van der Waals surface area contributed by atoms with Gasteiger partial charge >= 0.3 is 0 Å². The van der Waals surface area contributed by atoms with Crippen LogP contribution in [-0.2, 0) is 6.54 Å². The SMILES string of the molecule is Cc1cc(CN(C)c2ncc(Cl)cc2Br)no1. The van der Waals surface area contributed by atoms with Gasteiger partial charge in [-0.05, 0) is 28.9 Å². The number of aromatic nitrogens is 2. The van der Waals surface area contributed by atoms with Crippen molar-refractivity contribution in [1.29, 1.82) is 0 Å². The summed E-state index contributed by atoms with van der Waals surface area (Å²) < 4.78 is 5.88. The predicted molar refractivity (Wildman–Crippen MR) is 70.3 cm³/mol. The third kappa shape index (κ3) is 2.98. The highest BCUT2D eigenvalue weighted by Gasteiger charge is 2.10. The number of aryl methyl sites for hydroxylation is 1. The van der Waals surface area contributed by atoms with E-state index in [1.807, 2.05) is 31.0 Å². The fourth-order valence-corrected chi connectivity index (χ4v) is 2.44. The summed E-state index contributed by atoms with van der Waals surface area (Å²) in [7, 11) is 1.94. The van der Waals surface area contributed by atoms with Crippen molar-refractivity contribution in [2.45, 2.75) is 13.5 Å². The summed E-state index contributed by atoms with van der Waals surface area (Å²) in [4.78, 5) is 6.24. The van der Waals surface area contributed by atoms with E-state index in [2.05, 4.69) is 26.1 Å². The van der Waals surface area contributed by atoms with Crippen molar-refractivity contribution in [3.8, 4) is 0 Å². The number of rotatable bonds is 3. The molecule has 0 atom stereocenters. The first-order valence-electron chi connectivity index (χ1n) is 5.00. The first-order chi connectivity index (χ1) is 8.06. The summed E-state index contributed by atoms with van der Waals surface area (Å²) in [5, 5.41) is 4.55. The Balaban J connectivity index is 2.17. The maximum atomic E-state index is 5.85. The number of anilines is 1. The molecule has 0 aliphatic carbocycles. The monoisotopic (exact) mass is 315 g/mol. The lowest BCUT2D eigenvalue weighted by atomic mass is 10.3. The summed E-state index contributed by atoms with van der Waals surface area (Å²) in [6, 6.07) is 3.72. The molecule has 0 N–H and O–H groups in total. The first-order valence-corrected chi connectivity index (χ1v) is 6.18. The van der Waals surface area contributed by atoms with E-state index in [0.717, 1.165) is 21.7 Å². The Kier molecular flexibility index (Phi) is 3.69. The molecule has 4 nitrogen and oxygen atoms in total. The molecule has 0 amide bonds. The van der Waals surface area contributed by atoms with Crippen LogP contribution < -0.4 is 4.90 Å². The van der Waals surface area contributed by atoms with E-state index in [9.17, 15) is 0 Å². The van der Waals surface area contributed by atoms with Gasteiger partial charge in [-0.25, -0.2) is 4.98 Å². The van der Waals surface area contributed by atoms with E-state index >= 15 is 0 Å². The Morgan fingerprint density at radius 3 is 2.82 bits per heavy atom. The van der Waals surface area contributed by atoms with Crippen molar-refractivity contribution in [3.63, 3.8) is 0 Å². The average Bonchev–Trinajstić information content (AvgIpc) is 2.63. The van der Waals surface area contributed by atoms with E-state index in [0.29, 0.717) is 11.6 Å². The minimum absolute atomic E-state index is 0.603. The molecule has 0 saturated carbocycles. The summed E-state index contributed by atoms with van der Waals surface area (Å²) in [5.41, 5.74) is 0.869. The molecule has 0 aliphatic heterocycles. The highest BCUT2D eigenvalue weighted by molar-refractivity contribution is 9.10. The van der Waals surface area contributed by atoms with Crippen molar-refractivity contribution in [2.75, 3.05) is 11.9 Å². The summed E-state index contributed by atoms with van der Waals surface area (Å²) in [5.74, 6) is 1.62. The van der Waals surface area contributed by atoms with Gasteiger partial charge in [0.25, 0.3) is 0 Å². The van der Waals surface area contributed by atoms with Gasteiger partial charge in [-0.15, -0.1) is 0 Å². The lowest BCUT2D eigenvalue weighted by molar-refractivity contribution is 0.390. The largest absolute Gasteiger partial charge is 0.361 e. The Hall–Kier alpha value is -1.07. The molecule has 0 radical (unpaired) electrons. The van der Waals surface area contributed by atoms with Crippen molar-refractivity contribution in [2.24, 2.45) is 0 Å². The predicted octanol–water partition coefficient (Wildman–Crippen LogP) is 3.43. The van der Waals surface area contributed by atoms with Crippen LogP contribution in [0.3, 0.4) is 0 Å². The summed E-state index contributed by atoms with van der Waals surface area (Å²) >= 11 is 9.28. The number of halogens is 2. The van der Waals surface area contributed by atoms with Crippen molar-refractivity contribution >= 4 is 33.3 Å². The minimum Gasteiger partial charge on any atom is -0.361 e. The molecule has 2 rings (SSSR count). The highest BCUT2D eigenvalue weighted by Crippen LogP contribution is 2.26. The molecular formula is C11H11BrClN3O. The van der Waals surface area contributed by atoms with Crippen LogP contribution in [0.15, 0.2) is 27.3 Å². The molecule has 2 aromatic rings. The molecule has 2 heterocycles. The molecule has 0 fully saturated rings. The number of hydrogen-bond donors (Lipinski definition) is 0. The van der Waals surface area contributed by atoms with Crippen LogP contribution in [0.25, 0.3) is 0 Å². The zero-order valence-corrected chi connectivity index (χ0v) is 11.8. The topological polar surface area (TPSA) is 42.2 Å². The maximum absolute atomic E-state index is 5.85. The van der Waals surface area contributed by atoms with Crippen molar-refractivity contribution in [1.82, 2.24) is 10.1 Å². The first kappa shape index (κ1) is 12.4. The van der Waals surface area contributed by atoms with Crippen LogP contribution in [0, 0.1) is 6.92 Å². The van der Waals surface area contributed by atoms with Crippen LogP contribution in [0.2, 0.25) is 5.02 Å². The molecule has 0 bridgehead atoms. The van der Waals surface area contributed by atoms with Gasteiger partial charge in [-0.3, -0.25) is 0 Å². The van der Waals surface area contributed by atoms with Crippen molar-refractivity contribution < 1.29 is 4.52 Å². The molecule has 0 aromatic carbocycles. The average molecular weight is 317 g/mol. The van der Waals surface area contributed by atoms with Gasteiger partial charge in [0.05, 0.1) is 16.0 Å². The van der Waals surface area contributed by atoms with E-state index in [1.54, 1.807) is 6.20 Å². The molecule has 0 saturated heterocycles. The zero-order valence-electron chi connectivity index (χ0n) is 9.44. The van der Waals surface area contributed by atoms with Crippen LogP contribution in [0.5, 0.6) is 0 Å². The lowest BCUT2D eigenvalue weighted by Gasteiger charge is -2.17. The normalized spacial score (nSPS) is 10.6. The third-order valence-corrected chi connectivity index (χ3v) is 3.02. The molecule has 90 valence electrons. The van der Waals surface area contributed by atoms with Crippen LogP contribution in [0.1, 0.15) is 11.5 Å². The van der Waals surface area contributed by atoms with Gasteiger partial charge < -0.3 is 9.42 Å². The molecular weight excluding hydrogens is 305 g/mol. The van der Waals surface area contributed by atoms with Gasteiger partial charge in [0.15, 0.2) is 0 Å². The third-order valence-electron chi connectivity index (χ3n) is 2.23. The molecule has 2 aromatic heterocycles. The number of pyridine rings is 1. The Morgan fingerprint density at radius 1 is 1.47 bits per heavy atom. The summed E-state index contributed by atoms with van der Waals surface area (Å²) in [6.07, 6.45) is 1.62. The molecule has 17 heavy (non-hydrogen) atoms. The fraction of sp³-hybridized carbons (Fsp3) is 0.273. The van der Waals surface area contributed by atoms with Crippen LogP contribution in [-0.4, -0.2) is 17.2 Å². The van der Waals surface area contributed by atoms with E-state index < -0.39 is 0 Å². The number of nitrogens with zero attached hydrogens (tertiary/aromatic N) is 3. The van der Waals surface area contributed by atoms with Gasteiger partial charge in [0, 0.05) is 19.3 Å². The standard InChI is InChI=1S/C11H11BrClN3O/c1-7-3-9(15-17-7)6-16(2)11-10(12)4-8(13)5-14-11/h3-5H,6H2,1-2H3. The fourth-order valence-electron chi connectivity index (χ4n) is 1.50. The van der Waals surface area contributed by atoms with Gasteiger partial charge in [0.2, 0.25) is 0 Å². The Morgan fingerprint density at radius 2 is 2.24 bits per heavy atom. The molecule has 0 unspecified atom stereocenters. The quantitative estimate of drug-likeness (QED) is 0.870. The van der Waals surface area contributed by atoms with Gasteiger partial charge in [0.1, 0.15) is 17.3 Å². The van der Waals surface area contributed by atoms with Gasteiger partial charge in [-0.1, -0.05) is 16.8 Å². The van der Waals surface area contributed by atoms with Gasteiger partial charge in [-0.2, -0.15) is 0 Å². The van der Waals surface area contributed by atoms with E-state index in [4.69, 9.17) is 16.1 Å². The van der Waals surface area contributed by atoms with Crippen LogP contribution in [0.4, 0.5) is 5.82 Å². The maximum Gasteiger partial charge on any atom is 0.143 e. The minimum atomic E-state index is 0.603. The Bertz CT molecular complexity index is 529. The second kappa shape index (κ2) is 5.06. The smallest absolute Gasteiger partial charge is 0.143 e. The second-order valence-corrected chi connectivity index (χ2v) is 5.03. The molecule has 0 spiro atoms.